The smallest absolute Gasteiger partial charge is 0.389 e. The molecule has 17 heavy (non-hydrogen) atoms. The third-order valence-electron chi connectivity index (χ3n) is 2.09. The summed E-state index contributed by atoms with van der Waals surface area (Å²) in [6.45, 7) is 0. The zero-order valence-corrected chi connectivity index (χ0v) is 9.55. The minimum absolute atomic E-state index is 0. The molecule has 0 bridgehead atoms. The largest absolute Gasteiger partial charge is 0.508 e. The van der Waals surface area contributed by atoms with E-state index >= 15 is 0 Å². The number of phenols is 2. The van der Waals surface area contributed by atoms with Crippen molar-refractivity contribution in [1.82, 2.24) is 0 Å². The minimum Gasteiger partial charge on any atom is -0.508 e. The number of rotatable bonds is 3. The first-order valence-electron chi connectivity index (χ1n) is 4.63. The van der Waals surface area contributed by atoms with Crippen molar-refractivity contribution >= 4 is 12.4 Å². The van der Waals surface area contributed by atoms with Crippen molar-refractivity contribution in [2.75, 3.05) is 0 Å². The second-order valence-corrected chi connectivity index (χ2v) is 3.54. The molecule has 0 aromatic heterocycles. The van der Waals surface area contributed by atoms with Gasteiger partial charge < -0.3 is 15.9 Å². The number of nitrogens with two attached hydrogens (primary N) is 1. The average Bonchev–Trinajstić information content (AvgIpc) is 2.11. The molecular weight excluding hydrogens is 259 g/mol. The first-order chi connectivity index (χ1) is 7.28. The van der Waals surface area contributed by atoms with Crippen LogP contribution in [0.15, 0.2) is 18.2 Å². The Bertz CT molecular complexity index is 351. The van der Waals surface area contributed by atoms with E-state index in [4.69, 9.17) is 15.9 Å². The van der Waals surface area contributed by atoms with Crippen LogP contribution < -0.4 is 5.73 Å². The van der Waals surface area contributed by atoms with Crippen molar-refractivity contribution in [3.05, 3.63) is 23.8 Å². The molecule has 0 saturated carbocycles. The van der Waals surface area contributed by atoms with Crippen LogP contribution in [0.25, 0.3) is 0 Å². The Kier molecular flexibility index (Phi) is 5.57. The predicted molar refractivity (Wildman–Crippen MR) is 59.2 cm³/mol. The van der Waals surface area contributed by atoms with Crippen molar-refractivity contribution in [3.63, 3.8) is 0 Å². The molecule has 1 atom stereocenters. The number of benzene rings is 1. The predicted octanol–water partition coefficient (Wildman–Crippen LogP) is 2.86. The van der Waals surface area contributed by atoms with Gasteiger partial charge in [-0.15, -0.1) is 12.4 Å². The number of aromatic hydroxyl groups is 2. The molecular formula is C10H13ClF3NO2. The fourth-order valence-corrected chi connectivity index (χ4v) is 1.32. The topological polar surface area (TPSA) is 66.5 Å². The third kappa shape index (κ3) is 5.65. The maximum atomic E-state index is 11.9. The van der Waals surface area contributed by atoms with Gasteiger partial charge in [-0.05, 0) is 24.1 Å². The second kappa shape index (κ2) is 5.97. The Morgan fingerprint density at radius 3 is 2.00 bits per heavy atom. The van der Waals surface area contributed by atoms with Gasteiger partial charge in [-0.2, -0.15) is 13.2 Å². The first kappa shape index (κ1) is 15.9. The van der Waals surface area contributed by atoms with Crippen LogP contribution in [0, 0.1) is 0 Å². The average molecular weight is 272 g/mol. The Morgan fingerprint density at radius 1 is 1.12 bits per heavy atom. The fourth-order valence-electron chi connectivity index (χ4n) is 1.32. The molecule has 7 heteroatoms. The number of phenolic OH excluding ortho intramolecular Hbond substituents is 2. The van der Waals surface area contributed by atoms with Gasteiger partial charge in [0.25, 0.3) is 0 Å². The van der Waals surface area contributed by atoms with Crippen LogP contribution in [0.4, 0.5) is 13.2 Å². The highest BCUT2D eigenvalue weighted by atomic mass is 35.5. The highest BCUT2D eigenvalue weighted by molar-refractivity contribution is 5.85. The van der Waals surface area contributed by atoms with Gasteiger partial charge in [0, 0.05) is 18.5 Å². The highest BCUT2D eigenvalue weighted by Crippen LogP contribution is 2.29. The Labute approximate surface area is 102 Å². The maximum Gasteiger partial charge on any atom is 0.389 e. The summed E-state index contributed by atoms with van der Waals surface area (Å²) >= 11 is 0. The third-order valence-corrected chi connectivity index (χ3v) is 2.09. The van der Waals surface area contributed by atoms with E-state index in [1.165, 1.54) is 12.1 Å². The van der Waals surface area contributed by atoms with Gasteiger partial charge in [0.2, 0.25) is 0 Å². The highest BCUT2D eigenvalue weighted by Gasteiger charge is 2.27. The number of alkyl halides is 3. The molecule has 0 aliphatic heterocycles. The van der Waals surface area contributed by atoms with Crippen LogP contribution in [0.1, 0.15) is 24.4 Å². The molecule has 1 aromatic carbocycles. The summed E-state index contributed by atoms with van der Waals surface area (Å²) < 4.78 is 35.8. The molecule has 0 aliphatic carbocycles. The molecule has 0 aliphatic rings. The van der Waals surface area contributed by atoms with Gasteiger partial charge in [-0.25, -0.2) is 0 Å². The van der Waals surface area contributed by atoms with E-state index in [-0.39, 0.29) is 35.9 Å². The molecule has 0 spiro atoms. The Hall–Kier alpha value is -1.14. The van der Waals surface area contributed by atoms with Gasteiger partial charge >= 0.3 is 6.18 Å². The molecule has 0 heterocycles. The summed E-state index contributed by atoms with van der Waals surface area (Å²) in [6, 6.07) is 2.70. The number of hydrogen-bond acceptors (Lipinski definition) is 3. The number of hydrogen-bond donors (Lipinski definition) is 3. The van der Waals surface area contributed by atoms with E-state index in [1.807, 2.05) is 0 Å². The summed E-state index contributed by atoms with van der Waals surface area (Å²) in [4.78, 5) is 0. The van der Waals surface area contributed by atoms with E-state index in [9.17, 15) is 13.2 Å². The SMILES string of the molecule is Cl.N[C@H](CCC(F)(F)F)c1cc(O)cc(O)c1. The molecule has 1 aromatic rings. The molecule has 3 nitrogen and oxygen atoms in total. The van der Waals surface area contributed by atoms with Crippen LogP contribution in [-0.4, -0.2) is 16.4 Å². The second-order valence-electron chi connectivity index (χ2n) is 3.54. The van der Waals surface area contributed by atoms with E-state index in [0.717, 1.165) is 6.07 Å². The summed E-state index contributed by atoms with van der Waals surface area (Å²) in [5, 5.41) is 18.3. The summed E-state index contributed by atoms with van der Waals surface area (Å²) in [7, 11) is 0. The Morgan fingerprint density at radius 2 is 1.59 bits per heavy atom. The molecule has 0 amide bonds. The lowest BCUT2D eigenvalue weighted by Gasteiger charge is -2.14. The summed E-state index contributed by atoms with van der Waals surface area (Å²) in [5.41, 5.74) is 5.80. The summed E-state index contributed by atoms with van der Waals surface area (Å²) in [5.74, 6) is -0.449. The van der Waals surface area contributed by atoms with E-state index < -0.39 is 18.6 Å². The van der Waals surface area contributed by atoms with Crippen molar-refractivity contribution in [3.8, 4) is 11.5 Å². The fraction of sp³-hybridized carbons (Fsp3) is 0.400. The van der Waals surface area contributed by atoms with Crippen molar-refractivity contribution in [2.45, 2.75) is 25.1 Å². The molecule has 98 valence electrons. The minimum atomic E-state index is -4.25. The van der Waals surface area contributed by atoms with Crippen molar-refractivity contribution in [2.24, 2.45) is 5.73 Å². The summed E-state index contributed by atoms with van der Waals surface area (Å²) in [6.07, 6.45) is -5.53. The monoisotopic (exact) mass is 271 g/mol. The van der Waals surface area contributed by atoms with Gasteiger partial charge in [-0.1, -0.05) is 0 Å². The lowest BCUT2D eigenvalue weighted by Crippen LogP contribution is -2.15. The van der Waals surface area contributed by atoms with Crippen LogP contribution in [0.5, 0.6) is 11.5 Å². The maximum absolute atomic E-state index is 11.9. The first-order valence-corrected chi connectivity index (χ1v) is 4.63. The van der Waals surface area contributed by atoms with Crippen LogP contribution >= 0.6 is 12.4 Å². The molecule has 1 rings (SSSR count). The van der Waals surface area contributed by atoms with Crippen LogP contribution in [-0.2, 0) is 0 Å². The normalized spacial score (nSPS) is 12.9. The van der Waals surface area contributed by atoms with E-state index in [0.29, 0.717) is 0 Å². The lowest BCUT2D eigenvalue weighted by atomic mass is 10.0. The quantitative estimate of drug-likeness (QED) is 0.792. The number of halogens is 4. The van der Waals surface area contributed by atoms with E-state index in [1.54, 1.807) is 0 Å². The van der Waals surface area contributed by atoms with Crippen molar-refractivity contribution in [1.29, 1.82) is 0 Å². The Balaban J connectivity index is 0.00000256. The standard InChI is InChI=1S/C10H12F3NO2.ClH/c11-10(12,13)2-1-9(14)6-3-7(15)5-8(16)4-6;/h3-5,9,15-16H,1-2,14H2;1H/t9-;/m1./s1. The van der Waals surface area contributed by atoms with Crippen LogP contribution in [0.2, 0.25) is 0 Å². The lowest BCUT2D eigenvalue weighted by molar-refractivity contribution is -0.136. The molecule has 4 N–H and O–H groups in total. The van der Waals surface area contributed by atoms with E-state index in [2.05, 4.69) is 0 Å². The van der Waals surface area contributed by atoms with Crippen molar-refractivity contribution < 1.29 is 23.4 Å². The molecule has 0 unspecified atom stereocenters. The van der Waals surface area contributed by atoms with Gasteiger partial charge in [0.15, 0.2) is 0 Å². The molecule has 0 radical (unpaired) electrons. The zero-order valence-electron chi connectivity index (χ0n) is 8.74. The van der Waals surface area contributed by atoms with Gasteiger partial charge in [0.05, 0.1) is 0 Å². The molecule has 0 saturated heterocycles. The van der Waals surface area contributed by atoms with Crippen LogP contribution in [0.3, 0.4) is 0 Å². The molecule has 0 fully saturated rings. The zero-order chi connectivity index (χ0) is 12.3. The van der Waals surface area contributed by atoms with Gasteiger partial charge in [-0.3, -0.25) is 0 Å². The van der Waals surface area contributed by atoms with Gasteiger partial charge in [0.1, 0.15) is 11.5 Å².